The Bertz CT molecular complexity index is 532. The van der Waals surface area contributed by atoms with Gasteiger partial charge in [-0.3, -0.25) is 9.69 Å². The fraction of sp³-hybridized carbons (Fsp3) is 0.571. The highest BCUT2D eigenvalue weighted by Crippen LogP contribution is 2.12. The molecule has 6 heteroatoms. The van der Waals surface area contributed by atoms with Crippen molar-refractivity contribution in [3.05, 3.63) is 23.5 Å². The second kappa shape index (κ2) is 6.07. The third kappa shape index (κ3) is 3.38. The van der Waals surface area contributed by atoms with Crippen LogP contribution in [0.2, 0.25) is 0 Å². The average Bonchev–Trinajstić information content (AvgIpc) is 2.61. The van der Waals surface area contributed by atoms with Crippen LogP contribution in [0, 0.1) is 11.3 Å². The molecule has 1 N–H and O–H groups in total. The maximum Gasteiger partial charge on any atom is 0.219 e. The number of nitrogens with zero attached hydrogens (tertiary/aromatic N) is 4. The summed E-state index contributed by atoms with van der Waals surface area (Å²) in [7, 11) is 1.84. The molecule has 1 aliphatic heterocycles. The van der Waals surface area contributed by atoms with Gasteiger partial charge in [0.1, 0.15) is 11.8 Å². The highest BCUT2D eigenvalue weighted by Gasteiger charge is 2.22. The van der Waals surface area contributed by atoms with Gasteiger partial charge >= 0.3 is 0 Å². The number of aryl methyl sites for hydroxylation is 1. The molecule has 20 heavy (non-hydrogen) atoms. The van der Waals surface area contributed by atoms with Gasteiger partial charge in [-0.1, -0.05) is 0 Å². The van der Waals surface area contributed by atoms with Gasteiger partial charge in [0.25, 0.3) is 0 Å². The van der Waals surface area contributed by atoms with Crippen LogP contribution in [0.15, 0.2) is 12.3 Å². The molecule has 0 saturated carbocycles. The lowest BCUT2D eigenvalue weighted by atomic mass is 10.2. The number of carbonyl (C=O) groups is 1. The van der Waals surface area contributed by atoms with Gasteiger partial charge in [0.2, 0.25) is 5.91 Å². The van der Waals surface area contributed by atoms with E-state index in [-0.39, 0.29) is 5.91 Å². The summed E-state index contributed by atoms with van der Waals surface area (Å²) < 4.78 is 1.80. The van der Waals surface area contributed by atoms with Crippen LogP contribution in [0.25, 0.3) is 0 Å². The first kappa shape index (κ1) is 14.6. The van der Waals surface area contributed by atoms with Gasteiger partial charge in [-0.25, -0.2) is 0 Å². The standard InChI is InChI=1S/C14H20N4O2/c1-11(19)18-4-3-17(9-14(20)10-18)8-12-5-13(6-15)16(2)7-12/h5,7,14,20H,3-4,8-10H2,1-2H3/t14-/m0/s1. The zero-order chi connectivity index (χ0) is 14.7. The zero-order valence-corrected chi connectivity index (χ0v) is 11.9. The minimum absolute atomic E-state index is 0.00243. The van der Waals surface area contributed by atoms with Gasteiger partial charge in [-0.2, -0.15) is 5.26 Å². The highest BCUT2D eigenvalue weighted by atomic mass is 16.3. The van der Waals surface area contributed by atoms with Crippen molar-refractivity contribution in [3.8, 4) is 6.07 Å². The molecule has 1 fully saturated rings. The first-order chi connectivity index (χ1) is 9.49. The third-order valence-electron chi connectivity index (χ3n) is 3.61. The van der Waals surface area contributed by atoms with Crippen molar-refractivity contribution in [1.82, 2.24) is 14.4 Å². The minimum Gasteiger partial charge on any atom is -0.390 e. The van der Waals surface area contributed by atoms with Crippen LogP contribution in [0.5, 0.6) is 0 Å². The van der Waals surface area contributed by atoms with E-state index in [1.54, 1.807) is 9.47 Å². The van der Waals surface area contributed by atoms with E-state index in [2.05, 4.69) is 11.0 Å². The Balaban J connectivity index is 2.02. The predicted octanol–water partition coefficient (Wildman–Crippen LogP) is -0.0782. The van der Waals surface area contributed by atoms with Crippen molar-refractivity contribution in [2.75, 3.05) is 26.2 Å². The number of rotatable bonds is 2. The number of hydrogen-bond acceptors (Lipinski definition) is 4. The van der Waals surface area contributed by atoms with E-state index in [0.29, 0.717) is 31.9 Å². The van der Waals surface area contributed by atoms with E-state index in [4.69, 9.17) is 5.26 Å². The molecule has 0 aliphatic carbocycles. The molecule has 2 rings (SSSR count). The number of aromatic nitrogens is 1. The van der Waals surface area contributed by atoms with E-state index < -0.39 is 6.10 Å². The summed E-state index contributed by atoms with van der Waals surface area (Å²) in [5, 5.41) is 18.9. The predicted molar refractivity (Wildman–Crippen MR) is 73.7 cm³/mol. The summed E-state index contributed by atoms with van der Waals surface area (Å²) in [6.07, 6.45) is 1.40. The Morgan fingerprint density at radius 2 is 2.25 bits per heavy atom. The summed E-state index contributed by atoms with van der Waals surface area (Å²) >= 11 is 0. The van der Waals surface area contributed by atoms with E-state index in [1.807, 2.05) is 19.3 Å². The van der Waals surface area contributed by atoms with Crippen molar-refractivity contribution in [2.24, 2.45) is 7.05 Å². The van der Waals surface area contributed by atoms with Crippen LogP contribution in [0.3, 0.4) is 0 Å². The lowest BCUT2D eigenvalue weighted by molar-refractivity contribution is -0.129. The van der Waals surface area contributed by atoms with Crippen molar-refractivity contribution < 1.29 is 9.90 Å². The number of aliphatic hydroxyl groups excluding tert-OH is 1. The van der Waals surface area contributed by atoms with Crippen LogP contribution in [-0.2, 0) is 18.4 Å². The van der Waals surface area contributed by atoms with E-state index >= 15 is 0 Å². The fourth-order valence-electron chi connectivity index (χ4n) is 2.57. The maximum absolute atomic E-state index is 11.4. The van der Waals surface area contributed by atoms with E-state index in [9.17, 15) is 9.90 Å². The maximum atomic E-state index is 11.4. The molecular formula is C14H20N4O2. The lowest BCUT2D eigenvalue weighted by Crippen LogP contribution is -2.36. The first-order valence-corrected chi connectivity index (χ1v) is 6.71. The molecule has 0 unspecified atom stereocenters. The van der Waals surface area contributed by atoms with Gasteiger partial charge in [-0.05, 0) is 11.6 Å². The molecular weight excluding hydrogens is 256 g/mol. The average molecular weight is 276 g/mol. The molecule has 0 aromatic carbocycles. The van der Waals surface area contributed by atoms with Crippen LogP contribution in [0.4, 0.5) is 0 Å². The number of nitriles is 1. The van der Waals surface area contributed by atoms with Crippen molar-refractivity contribution in [1.29, 1.82) is 5.26 Å². The molecule has 1 aliphatic rings. The molecule has 6 nitrogen and oxygen atoms in total. The van der Waals surface area contributed by atoms with Gasteiger partial charge in [0.05, 0.1) is 6.10 Å². The van der Waals surface area contributed by atoms with E-state index in [0.717, 1.165) is 12.1 Å². The highest BCUT2D eigenvalue weighted by molar-refractivity contribution is 5.73. The number of carbonyl (C=O) groups excluding carboxylic acids is 1. The summed E-state index contributed by atoms with van der Waals surface area (Å²) in [5.41, 5.74) is 1.67. The third-order valence-corrected chi connectivity index (χ3v) is 3.61. The molecule has 0 radical (unpaired) electrons. The van der Waals surface area contributed by atoms with Crippen LogP contribution in [-0.4, -0.2) is 57.7 Å². The molecule has 0 spiro atoms. The molecule has 108 valence electrons. The monoisotopic (exact) mass is 276 g/mol. The fourth-order valence-corrected chi connectivity index (χ4v) is 2.57. The summed E-state index contributed by atoms with van der Waals surface area (Å²) in [4.78, 5) is 15.2. The minimum atomic E-state index is -0.527. The molecule has 1 amide bonds. The molecule has 1 saturated heterocycles. The van der Waals surface area contributed by atoms with Gasteiger partial charge in [0.15, 0.2) is 0 Å². The number of hydrogen-bond donors (Lipinski definition) is 1. The largest absolute Gasteiger partial charge is 0.390 e. The summed E-state index contributed by atoms with van der Waals surface area (Å²) in [6, 6.07) is 4.00. The van der Waals surface area contributed by atoms with Crippen molar-refractivity contribution in [3.63, 3.8) is 0 Å². The quantitative estimate of drug-likeness (QED) is 0.820. The Kier molecular flexibility index (Phi) is 4.42. The normalized spacial score (nSPS) is 20.5. The summed E-state index contributed by atoms with van der Waals surface area (Å²) in [5.74, 6) is -0.00243. The molecule has 1 atom stereocenters. The number of amides is 1. The molecule has 0 bridgehead atoms. The Labute approximate surface area is 118 Å². The van der Waals surface area contributed by atoms with Gasteiger partial charge in [-0.15, -0.1) is 0 Å². The Morgan fingerprint density at radius 3 is 2.85 bits per heavy atom. The Morgan fingerprint density at radius 1 is 1.50 bits per heavy atom. The van der Waals surface area contributed by atoms with Crippen LogP contribution >= 0.6 is 0 Å². The molecule has 2 heterocycles. The van der Waals surface area contributed by atoms with E-state index in [1.165, 1.54) is 6.92 Å². The topological polar surface area (TPSA) is 72.5 Å². The van der Waals surface area contributed by atoms with Gasteiger partial charge in [0, 0.05) is 52.9 Å². The lowest BCUT2D eigenvalue weighted by Gasteiger charge is -2.20. The SMILES string of the molecule is CC(=O)N1CCN(Cc2cc(C#N)n(C)c2)C[C@H](O)C1. The Hall–Kier alpha value is -1.84. The van der Waals surface area contributed by atoms with Crippen molar-refractivity contribution in [2.45, 2.75) is 19.6 Å². The summed E-state index contributed by atoms with van der Waals surface area (Å²) in [6.45, 7) is 4.50. The van der Waals surface area contributed by atoms with Crippen LogP contribution < -0.4 is 0 Å². The first-order valence-electron chi connectivity index (χ1n) is 6.71. The number of β-amino-alcohol motifs (C(OH)–C–C–N with tert-alkyl or cyclic N) is 1. The number of aliphatic hydroxyl groups is 1. The zero-order valence-electron chi connectivity index (χ0n) is 11.9. The second-order valence-electron chi connectivity index (χ2n) is 5.31. The smallest absolute Gasteiger partial charge is 0.219 e. The van der Waals surface area contributed by atoms with Gasteiger partial charge < -0.3 is 14.6 Å². The molecule has 1 aromatic rings. The van der Waals surface area contributed by atoms with Crippen molar-refractivity contribution >= 4 is 5.91 Å². The second-order valence-corrected chi connectivity index (χ2v) is 5.31. The molecule has 1 aromatic heterocycles. The van der Waals surface area contributed by atoms with Crippen LogP contribution in [0.1, 0.15) is 18.2 Å².